The molecule has 0 heterocycles. The van der Waals surface area contributed by atoms with Crippen LogP contribution >= 0.6 is 0 Å². The van der Waals surface area contributed by atoms with E-state index >= 15 is 0 Å². The Hall–Kier alpha value is -0.160. The SMILES string of the molecule is CCCCN(CCCC)C(C)(CN)CC(OC)OC. The molecule has 0 rings (SSSR count). The number of rotatable bonds is 12. The molecule has 4 heteroatoms. The summed E-state index contributed by atoms with van der Waals surface area (Å²) in [5.41, 5.74) is 6.00. The van der Waals surface area contributed by atoms with Gasteiger partial charge in [0.2, 0.25) is 0 Å². The predicted octanol–water partition coefficient (Wildman–Crippen LogP) is 2.62. The van der Waals surface area contributed by atoms with Gasteiger partial charge < -0.3 is 15.2 Å². The molecule has 0 aliphatic rings. The topological polar surface area (TPSA) is 47.7 Å². The third-order valence-electron chi connectivity index (χ3n) is 3.90. The normalized spacial score (nSPS) is 15.2. The van der Waals surface area contributed by atoms with Gasteiger partial charge in [0.05, 0.1) is 0 Å². The van der Waals surface area contributed by atoms with Crippen molar-refractivity contribution in [3.63, 3.8) is 0 Å². The zero-order chi connectivity index (χ0) is 14.7. The fraction of sp³-hybridized carbons (Fsp3) is 1.00. The first-order chi connectivity index (χ1) is 9.07. The molecule has 0 radical (unpaired) electrons. The van der Waals surface area contributed by atoms with Gasteiger partial charge in [-0.05, 0) is 32.9 Å². The number of hydrogen-bond donors (Lipinski definition) is 1. The molecular weight excluding hydrogens is 240 g/mol. The second-order valence-corrected chi connectivity index (χ2v) is 5.50. The summed E-state index contributed by atoms with van der Waals surface area (Å²) in [6.07, 6.45) is 5.47. The van der Waals surface area contributed by atoms with Gasteiger partial charge in [0.15, 0.2) is 6.29 Å². The summed E-state index contributed by atoms with van der Waals surface area (Å²) in [6.45, 7) is 9.51. The molecule has 1 unspecified atom stereocenters. The molecule has 0 aromatic heterocycles. The third kappa shape index (κ3) is 6.70. The van der Waals surface area contributed by atoms with Crippen LogP contribution in [0.25, 0.3) is 0 Å². The lowest BCUT2D eigenvalue weighted by atomic mass is 9.94. The second kappa shape index (κ2) is 10.6. The van der Waals surface area contributed by atoms with E-state index in [1.807, 2.05) is 0 Å². The maximum atomic E-state index is 6.06. The summed E-state index contributed by atoms with van der Waals surface area (Å²) in [5.74, 6) is 0. The Morgan fingerprint density at radius 2 is 1.53 bits per heavy atom. The fourth-order valence-corrected chi connectivity index (χ4v) is 2.31. The highest BCUT2D eigenvalue weighted by molar-refractivity contribution is 4.88. The smallest absolute Gasteiger partial charge is 0.158 e. The largest absolute Gasteiger partial charge is 0.356 e. The molecule has 4 nitrogen and oxygen atoms in total. The van der Waals surface area contributed by atoms with Crippen LogP contribution in [-0.4, -0.2) is 50.6 Å². The minimum Gasteiger partial charge on any atom is -0.356 e. The van der Waals surface area contributed by atoms with E-state index in [0.29, 0.717) is 6.54 Å². The molecule has 0 bridgehead atoms. The van der Waals surface area contributed by atoms with E-state index < -0.39 is 0 Å². The molecule has 0 saturated heterocycles. The van der Waals surface area contributed by atoms with Gasteiger partial charge in [-0.3, -0.25) is 4.90 Å². The first-order valence-electron chi connectivity index (χ1n) is 7.58. The quantitative estimate of drug-likeness (QED) is 0.556. The minimum absolute atomic E-state index is 0.0545. The molecule has 1 atom stereocenters. The maximum absolute atomic E-state index is 6.06. The highest BCUT2D eigenvalue weighted by Crippen LogP contribution is 2.23. The number of nitrogens with zero attached hydrogens (tertiary/aromatic N) is 1. The highest BCUT2D eigenvalue weighted by atomic mass is 16.7. The summed E-state index contributed by atoms with van der Waals surface area (Å²) >= 11 is 0. The number of nitrogens with two attached hydrogens (primary N) is 1. The maximum Gasteiger partial charge on any atom is 0.158 e. The van der Waals surface area contributed by atoms with Crippen molar-refractivity contribution in [2.75, 3.05) is 33.9 Å². The van der Waals surface area contributed by atoms with E-state index in [2.05, 4.69) is 25.7 Å². The van der Waals surface area contributed by atoms with Crippen LogP contribution in [0.2, 0.25) is 0 Å². The molecule has 116 valence electrons. The van der Waals surface area contributed by atoms with Crippen molar-refractivity contribution in [2.45, 2.75) is 64.7 Å². The average Bonchev–Trinajstić information content (AvgIpc) is 2.44. The van der Waals surface area contributed by atoms with Crippen LogP contribution in [0.15, 0.2) is 0 Å². The standard InChI is InChI=1S/C15H34N2O2/c1-6-8-10-17(11-9-7-2)15(3,13-16)12-14(18-4)19-5/h14H,6-13,16H2,1-5H3. The van der Waals surface area contributed by atoms with E-state index in [1.165, 1.54) is 25.7 Å². The molecule has 0 fully saturated rings. The number of unbranched alkanes of at least 4 members (excludes halogenated alkanes) is 2. The van der Waals surface area contributed by atoms with Gasteiger partial charge in [-0.1, -0.05) is 26.7 Å². The van der Waals surface area contributed by atoms with Gasteiger partial charge in [0.1, 0.15) is 0 Å². The second-order valence-electron chi connectivity index (χ2n) is 5.50. The lowest BCUT2D eigenvalue weighted by Crippen LogP contribution is -2.54. The molecular formula is C15H34N2O2. The van der Waals surface area contributed by atoms with Crippen LogP contribution in [0.3, 0.4) is 0 Å². The molecule has 0 aromatic rings. The molecule has 19 heavy (non-hydrogen) atoms. The average molecular weight is 274 g/mol. The number of methoxy groups -OCH3 is 2. The molecule has 0 aromatic carbocycles. The third-order valence-corrected chi connectivity index (χ3v) is 3.90. The lowest BCUT2D eigenvalue weighted by Gasteiger charge is -2.42. The highest BCUT2D eigenvalue weighted by Gasteiger charge is 2.32. The Morgan fingerprint density at radius 3 is 1.84 bits per heavy atom. The van der Waals surface area contributed by atoms with Crippen molar-refractivity contribution in [1.82, 2.24) is 4.90 Å². The monoisotopic (exact) mass is 274 g/mol. The molecule has 0 aliphatic heterocycles. The zero-order valence-electron chi connectivity index (χ0n) is 13.6. The van der Waals surface area contributed by atoms with E-state index in [-0.39, 0.29) is 11.8 Å². The Morgan fingerprint density at radius 1 is 1.05 bits per heavy atom. The van der Waals surface area contributed by atoms with Crippen molar-refractivity contribution in [1.29, 1.82) is 0 Å². The molecule has 0 amide bonds. The van der Waals surface area contributed by atoms with Gasteiger partial charge in [-0.15, -0.1) is 0 Å². The fourth-order valence-electron chi connectivity index (χ4n) is 2.31. The first kappa shape index (κ1) is 18.8. The molecule has 0 aliphatic carbocycles. The summed E-state index contributed by atoms with van der Waals surface area (Å²) in [6, 6.07) is 0. The van der Waals surface area contributed by atoms with Crippen molar-refractivity contribution in [3.8, 4) is 0 Å². The van der Waals surface area contributed by atoms with Crippen LogP contribution in [0.4, 0.5) is 0 Å². The van der Waals surface area contributed by atoms with Crippen molar-refractivity contribution in [2.24, 2.45) is 5.73 Å². The minimum atomic E-state index is -0.181. The Bertz CT molecular complexity index is 202. The van der Waals surface area contributed by atoms with Gasteiger partial charge >= 0.3 is 0 Å². The van der Waals surface area contributed by atoms with Gasteiger partial charge in [0.25, 0.3) is 0 Å². The first-order valence-corrected chi connectivity index (χ1v) is 7.58. The number of ether oxygens (including phenoxy) is 2. The van der Waals surface area contributed by atoms with Gasteiger partial charge in [-0.25, -0.2) is 0 Å². The predicted molar refractivity (Wildman–Crippen MR) is 81.3 cm³/mol. The van der Waals surface area contributed by atoms with Crippen LogP contribution in [0.1, 0.15) is 52.9 Å². The molecule has 0 spiro atoms. The van der Waals surface area contributed by atoms with Crippen LogP contribution < -0.4 is 5.73 Å². The number of hydrogen-bond acceptors (Lipinski definition) is 4. The summed E-state index contributed by atoms with van der Waals surface area (Å²) in [5, 5.41) is 0. The van der Waals surface area contributed by atoms with Crippen molar-refractivity contribution >= 4 is 0 Å². The summed E-state index contributed by atoms with van der Waals surface area (Å²) < 4.78 is 10.7. The summed E-state index contributed by atoms with van der Waals surface area (Å²) in [7, 11) is 3.38. The molecule has 0 saturated carbocycles. The van der Waals surface area contributed by atoms with E-state index in [4.69, 9.17) is 15.2 Å². The zero-order valence-corrected chi connectivity index (χ0v) is 13.6. The van der Waals surface area contributed by atoms with Gasteiger partial charge in [-0.2, -0.15) is 0 Å². The van der Waals surface area contributed by atoms with Crippen molar-refractivity contribution in [3.05, 3.63) is 0 Å². The Kier molecular flexibility index (Phi) is 10.5. The van der Waals surface area contributed by atoms with Crippen molar-refractivity contribution < 1.29 is 9.47 Å². The van der Waals surface area contributed by atoms with Crippen LogP contribution in [0, 0.1) is 0 Å². The Balaban J connectivity index is 4.73. The van der Waals surface area contributed by atoms with Crippen LogP contribution in [-0.2, 0) is 9.47 Å². The van der Waals surface area contributed by atoms with E-state index in [9.17, 15) is 0 Å². The van der Waals surface area contributed by atoms with E-state index in [1.54, 1.807) is 14.2 Å². The Labute approximate surface area is 119 Å². The van der Waals surface area contributed by atoms with E-state index in [0.717, 1.165) is 19.5 Å². The summed E-state index contributed by atoms with van der Waals surface area (Å²) in [4.78, 5) is 2.52. The lowest BCUT2D eigenvalue weighted by molar-refractivity contribution is -0.128. The van der Waals surface area contributed by atoms with Gasteiger partial charge in [0, 0.05) is 32.7 Å². The van der Waals surface area contributed by atoms with Crippen LogP contribution in [0.5, 0.6) is 0 Å². The molecule has 2 N–H and O–H groups in total.